The Kier molecular flexibility index (Phi) is 7.54. The van der Waals surface area contributed by atoms with Crippen molar-refractivity contribution in [1.29, 1.82) is 0 Å². The molecule has 0 saturated carbocycles. The third kappa shape index (κ3) is 4.96. The van der Waals surface area contributed by atoms with Gasteiger partial charge in [0.2, 0.25) is 0 Å². The van der Waals surface area contributed by atoms with E-state index in [0.29, 0.717) is 6.04 Å². The summed E-state index contributed by atoms with van der Waals surface area (Å²) in [5, 5.41) is 3.45. The van der Waals surface area contributed by atoms with Gasteiger partial charge in [-0.05, 0) is 50.3 Å². The van der Waals surface area contributed by atoms with Gasteiger partial charge in [-0.3, -0.25) is 19.8 Å². The van der Waals surface area contributed by atoms with Crippen LogP contribution in [0.4, 0.5) is 0 Å². The lowest BCUT2D eigenvalue weighted by atomic mass is 9.87. The van der Waals surface area contributed by atoms with Gasteiger partial charge in [0.25, 0.3) is 0 Å². The first kappa shape index (κ1) is 20.9. The number of rotatable bonds is 7. The molecule has 0 aliphatic carbocycles. The molecule has 3 rings (SSSR count). The maximum Gasteiger partial charge on any atom is 0.0604 e. The Labute approximate surface area is 170 Å². The van der Waals surface area contributed by atoms with Gasteiger partial charge in [0.15, 0.2) is 0 Å². The highest BCUT2D eigenvalue weighted by molar-refractivity contribution is 6.03. The summed E-state index contributed by atoms with van der Waals surface area (Å²) in [4.78, 5) is 14.6. The van der Waals surface area contributed by atoms with Crippen molar-refractivity contribution in [3.63, 3.8) is 0 Å². The molecule has 1 N–H and O–H groups in total. The van der Waals surface area contributed by atoms with Gasteiger partial charge >= 0.3 is 0 Å². The van der Waals surface area contributed by atoms with Gasteiger partial charge in [0, 0.05) is 51.7 Å². The van der Waals surface area contributed by atoms with Gasteiger partial charge in [0.1, 0.15) is 0 Å². The molecule has 152 valence electrons. The molecule has 2 unspecified atom stereocenters. The Morgan fingerprint density at radius 1 is 1.32 bits per heavy atom. The van der Waals surface area contributed by atoms with Gasteiger partial charge in [0.05, 0.1) is 23.5 Å². The molecule has 0 bridgehead atoms. The van der Waals surface area contributed by atoms with Crippen molar-refractivity contribution >= 4 is 5.71 Å². The number of aliphatic imine (C=N–C) groups is 1. The summed E-state index contributed by atoms with van der Waals surface area (Å²) < 4.78 is 0. The lowest BCUT2D eigenvalue weighted by Gasteiger charge is -2.44. The molecule has 0 spiro atoms. The smallest absolute Gasteiger partial charge is 0.0604 e. The second-order valence-electron chi connectivity index (χ2n) is 7.97. The monoisotopic (exact) mass is 381 g/mol. The number of aromatic nitrogens is 1. The summed E-state index contributed by atoms with van der Waals surface area (Å²) in [6.45, 7) is 18.8. The Hall–Kier alpha value is -1.82. The molecule has 5 heteroatoms. The summed E-state index contributed by atoms with van der Waals surface area (Å²) in [6, 6.07) is 4.82. The number of aryl methyl sites for hydroxylation is 1. The lowest BCUT2D eigenvalue weighted by molar-refractivity contribution is 0.0943. The molecular weight excluding hydrogens is 346 g/mol. The Morgan fingerprint density at radius 3 is 2.79 bits per heavy atom. The molecule has 0 aromatic carbocycles. The Morgan fingerprint density at radius 2 is 2.11 bits per heavy atom. The van der Waals surface area contributed by atoms with Crippen LogP contribution in [0, 0.1) is 6.92 Å². The van der Waals surface area contributed by atoms with Crippen LogP contribution in [0.25, 0.3) is 0 Å². The standard InChI is InChI=1S/C23H35N5/c1-5-25-22(18(2)3)20-9-6-10-21(23-19(4)8-7-11-26-23)28(20)17-16-27-14-12-24-13-15-27/h5,7-8,11,20-21,24H,1-2,6,9-10,12-17H2,3-4H3. The van der Waals surface area contributed by atoms with Crippen molar-refractivity contribution < 1.29 is 0 Å². The molecule has 2 atom stereocenters. The molecule has 3 heterocycles. The maximum absolute atomic E-state index is 4.78. The Balaban J connectivity index is 1.88. The number of nitrogens with zero attached hydrogens (tertiary/aromatic N) is 4. The molecule has 5 nitrogen and oxygen atoms in total. The molecule has 2 aliphatic heterocycles. The molecule has 0 amide bonds. The van der Waals surface area contributed by atoms with Crippen LogP contribution >= 0.6 is 0 Å². The first-order chi connectivity index (χ1) is 13.6. The maximum atomic E-state index is 4.78. The second-order valence-corrected chi connectivity index (χ2v) is 7.97. The predicted octanol–water partition coefficient (Wildman–Crippen LogP) is 3.35. The van der Waals surface area contributed by atoms with Gasteiger partial charge in [-0.2, -0.15) is 0 Å². The van der Waals surface area contributed by atoms with Crippen molar-refractivity contribution in [3.8, 4) is 0 Å². The van der Waals surface area contributed by atoms with E-state index in [1.54, 1.807) is 6.20 Å². The van der Waals surface area contributed by atoms with E-state index in [1.165, 1.54) is 17.7 Å². The third-order valence-electron chi connectivity index (χ3n) is 5.99. The zero-order valence-corrected chi connectivity index (χ0v) is 17.5. The fourth-order valence-corrected chi connectivity index (χ4v) is 4.57. The SMILES string of the molecule is C=CN=C(C(=C)C)C1CCCC(c2ncccc2C)N1CCN1CCNCC1. The zero-order valence-electron chi connectivity index (χ0n) is 17.5. The molecule has 1 aromatic rings. The quantitative estimate of drug-likeness (QED) is 0.736. The molecular formula is C23H35N5. The minimum Gasteiger partial charge on any atom is -0.314 e. The minimum absolute atomic E-state index is 0.276. The van der Waals surface area contributed by atoms with Gasteiger partial charge in [-0.1, -0.05) is 19.2 Å². The summed E-state index contributed by atoms with van der Waals surface area (Å²) in [7, 11) is 0. The first-order valence-electron chi connectivity index (χ1n) is 10.6. The molecule has 0 radical (unpaired) electrons. The van der Waals surface area contributed by atoms with Crippen LogP contribution in [-0.2, 0) is 0 Å². The number of nitrogens with one attached hydrogen (secondary N) is 1. The fraction of sp³-hybridized carbons (Fsp3) is 0.565. The predicted molar refractivity (Wildman–Crippen MR) is 118 cm³/mol. The number of hydrogen-bond donors (Lipinski definition) is 1. The van der Waals surface area contributed by atoms with Crippen LogP contribution in [0.15, 0.2) is 48.3 Å². The summed E-state index contributed by atoms with van der Waals surface area (Å²) >= 11 is 0. The van der Waals surface area contributed by atoms with Crippen molar-refractivity contribution in [2.24, 2.45) is 4.99 Å². The third-order valence-corrected chi connectivity index (χ3v) is 5.99. The normalized spacial score (nSPS) is 24.9. The fourth-order valence-electron chi connectivity index (χ4n) is 4.57. The van der Waals surface area contributed by atoms with Crippen molar-refractivity contribution in [2.45, 2.75) is 45.2 Å². The average molecular weight is 382 g/mol. The van der Waals surface area contributed by atoms with E-state index >= 15 is 0 Å². The lowest BCUT2D eigenvalue weighted by Crippen LogP contribution is -2.51. The molecule has 2 saturated heterocycles. The molecule has 2 aliphatic rings. The highest BCUT2D eigenvalue weighted by Crippen LogP contribution is 2.36. The summed E-state index contributed by atoms with van der Waals surface area (Å²) in [6.07, 6.45) is 7.03. The average Bonchev–Trinajstić information content (AvgIpc) is 2.71. The van der Waals surface area contributed by atoms with E-state index in [9.17, 15) is 0 Å². The highest BCUT2D eigenvalue weighted by Gasteiger charge is 2.35. The van der Waals surface area contributed by atoms with Crippen LogP contribution in [-0.4, -0.2) is 65.8 Å². The van der Waals surface area contributed by atoms with Gasteiger partial charge in [-0.15, -0.1) is 0 Å². The topological polar surface area (TPSA) is 43.8 Å². The molecule has 28 heavy (non-hydrogen) atoms. The van der Waals surface area contributed by atoms with E-state index in [1.807, 2.05) is 12.3 Å². The number of hydrogen-bond acceptors (Lipinski definition) is 5. The van der Waals surface area contributed by atoms with Crippen molar-refractivity contribution in [2.75, 3.05) is 39.3 Å². The van der Waals surface area contributed by atoms with E-state index < -0.39 is 0 Å². The van der Waals surface area contributed by atoms with Crippen LogP contribution in [0.2, 0.25) is 0 Å². The number of piperazine rings is 1. The first-order valence-corrected chi connectivity index (χ1v) is 10.6. The highest BCUT2D eigenvalue weighted by atomic mass is 15.3. The second kappa shape index (κ2) is 10.1. The van der Waals surface area contributed by atoms with Gasteiger partial charge in [-0.25, -0.2) is 0 Å². The Bertz CT molecular complexity index is 705. The van der Waals surface area contributed by atoms with Crippen LogP contribution in [0.1, 0.15) is 43.5 Å². The van der Waals surface area contributed by atoms with Crippen LogP contribution in [0.3, 0.4) is 0 Å². The number of piperidine rings is 1. The largest absolute Gasteiger partial charge is 0.314 e. The molecule has 1 aromatic heterocycles. The van der Waals surface area contributed by atoms with E-state index in [0.717, 1.165) is 63.4 Å². The summed E-state index contributed by atoms with van der Waals surface area (Å²) in [5.41, 5.74) is 4.61. The number of pyridine rings is 1. The minimum atomic E-state index is 0.276. The van der Waals surface area contributed by atoms with Crippen LogP contribution in [0.5, 0.6) is 0 Å². The van der Waals surface area contributed by atoms with Crippen molar-refractivity contribution in [1.82, 2.24) is 20.1 Å². The number of likely N-dealkylation sites (tertiary alicyclic amines) is 1. The molecule has 2 fully saturated rings. The van der Waals surface area contributed by atoms with E-state index in [2.05, 4.69) is 53.2 Å². The zero-order chi connectivity index (χ0) is 19.9. The van der Waals surface area contributed by atoms with E-state index in [4.69, 9.17) is 4.98 Å². The van der Waals surface area contributed by atoms with Gasteiger partial charge < -0.3 is 5.32 Å². The summed E-state index contributed by atoms with van der Waals surface area (Å²) in [5.74, 6) is 0. The van der Waals surface area contributed by atoms with E-state index in [-0.39, 0.29) is 6.04 Å². The van der Waals surface area contributed by atoms with Crippen molar-refractivity contribution in [3.05, 3.63) is 54.5 Å². The van der Waals surface area contributed by atoms with Crippen LogP contribution < -0.4 is 5.32 Å².